The highest BCUT2D eigenvalue weighted by Gasteiger charge is 2.27. The molecule has 0 amide bonds. The highest BCUT2D eigenvalue weighted by atomic mass is 32.2. The normalized spacial score (nSPS) is 14.2. The van der Waals surface area contributed by atoms with Crippen molar-refractivity contribution in [3.8, 4) is 0 Å². The molecule has 9 nitrogen and oxygen atoms in total. The molecule has 0 heterocycles. The summed E-state index contributed by atoms with van der Waals surface area (Å²) in [7, 11) is -5.57. The topological polar surface area (TPSA) is 129 Å². The molecule has 0 spiro atoms. The van der Waals surface area contributed by atoms with Crippen molar-refractivity contribution in [2.45, 2.75) is 43.1 Å². The van der Waals surface area contributed by atoms with Crippen molar-refractivity contribution in [1.82, 2.24) is 5.32 Å². The summed E-state index contributed by atoms with van der Waals surface area (Å²) in [5.74, 6) is 0.0598. The SMILES string of the molecule is CCc1ccc(N(CC(C)C)S(=O)(=O)c2ccc(NC[C@H](CNC)OC=O)c(S(C)(=N)=O)c2)cc1. The Kier molecular flexibility index (Phi) is 10.1. The van der Waals surface area contributed by atoms with Crippen LogP contribution in [0.1, 0.15) is 26.3 Å². The third-order valence-electron chi connectivity index (χ3n) is 5.32. The molecule has 2 aromatic carbocycles. The van der Waals surface area contributed by atoms with Gasteiger partial charge in [0.25, 0.3) is 16.5 Å². The van der Waals surface area contributed by atoms with Gasteiger partial charge in [-0.2, -0.15) is 0 Å². The lowest BCUT2D eigenvalue weighted by Crippen LogP contribution is -2.34. The van der Waals surface area contributed by atoms with Gasteiger partial charge in [-0.05, 0) is 55.3 Å². The van der Waals surface area contributed by atoms with E-state index in [4.69, 9.17) is 9.52 Å². The van der Waals surface area contributed by atoms with E-state index < -0.39 is 25.9 Å². The van der Waals surface area contributed by atoms with Crippen LogP contribution in [0, 0.1) is 10.7 Å². The Bertz CT molecular complexity index is 1200. The number of benzene rings is 2. The van der Waals surface area contributed by atoms with Crippen molar-refractivity contribution in [3.63, 3.8) is 0 Å². The first-order chi connectivity index (χ1) is 16.4. The molecular weight excluding hydrogens is 488 g/mol. The average molecular weight is 525 g/mol. The number of rotatable bonds is 14. The molecule has 194 valence electrons. The van der Waals surface area contributed by atoms with Crippen LogP contribution in [-0.2, 0) is 35.7 Å². The van der Waals surface area contributed by atoms with E-state index in [9.17, 15) is 17.4 Å². The Labute approximate surface area is 209 Å². The molecule has 0 aliphatic heterocycles. The first-order valence-electron chi connectivity index (χ1n) is 11.4. The van der Waals surface area contributed by atoms with Gasteiger partial charge in [0.1, 0.15) is 6.10 Å². The fraction of sp³-hybridized carbons (Fsp3) is 0.458. The van der Waals surface area contributed by atoms with E-state index in [0.29, 0.717) is 24.4 Å². The second-order valence-electron chi connectivity index (χ2n) is 8.74. The first-order valence-corrected chi connectivity index (χ1v) is 14.8. The summed E-state index contributed by atoms with van der Waals surface area (Å²) in [4.78, 5) is 10.8. The van der Waals surface area contributed by atoms with E-state index >= 15 is 0 Å². The Balaban J connectivity index is 2.50. The van der Waals surface area contributed by atoms with Crippen LogP contribution >= 0.6 is 0 Å². The van der Waals surface area contributed by atoms with E-state index in [1.807, 2.05) is 32.9 Å². The Morgan fingerprint density at radius 2 is 1.74 bits per heavy atom. The number of nitrogens with zero attached hydrogens (tertiary/aromatic N) is 1. The van der Waals surface area contributed by atoms with Crippen LogP contribution in [0.4, 0.5) is 11.4 Å². The van der Waals surface area contributed by atoms with E-state index in [0.717, 1.165) is 12.0 Å². The fourth-order valence-electron chi connectivity index (χ4n) is 3.53. The molecule has 0 bridgehead atoms. The summed E-state index contributed by atoms with van der Waals surface area (Å²) >= 11 is 0. The molecular formula is C24H36N4O5S2. The minimum absolute atomic E-state index is 0.0454. The number of aryl methyl sites for hydroxylation is 1. The molecule has 11 heteroatoms. The molecule has 0 saturated carbocycles. The van der Waals surface area contributed by atoms with Gasteiger partial charge in [0.15, 0.2) is 0 Å². The minimum atomic E-state index is -4.00. The zero-order valence-electron chi connectivity index (χ0n) is 20.9. The second kappa shape index (κ2) is 12.4. The number of carbonyl (C=O) groups is 1. The van der Waals surface area contributed by atoms with E-state index in [-0.39, 0.29) is 28.8 Å². The van der Waals surface area contributed by atoms with Gasteiger partial charge in [0.2, 0.25) is 0 Å². The van der Waals surface area contributed by atoms with Crippen molar-refractivity contribution in [2.75, 3.05) is 42.6 Å². The summed E-state index contributed by atoms with van der Waals surface area (Å²) in [6.07, 6.45) is 1.59. The van der Waals surface area contributed by atoms with E-state index in [1.165, 1.54) is 28.8 Å². The van der Waals surface area contributed by atoms with Crippen molar-refractivity contribution in [2.24, 2.45) is 5.92 Å². The van der Waals surface area contributed by atoms with Crippen LogP contribution in [0.5, 0.6) is 0 Å². The third kappa shape index (κ3) is 7.68. The van der Waals surface area contributed by atoms with Gasteiger partial charge in [-0.25, -0.2) is 17.4 Å². The van der Waals surface area contributed by atoms with Crippen molar-refractivity contribution < 1.29 is 22.2 Å². The maximum Gasteiger partial charge on any atom is 0.293 e. The van der Waals surface area contributed by atoms with Crippen molar-refractivity contribution >= 4 is 37.6 Å². The molecule has 0 radical (unpaired) electrons. The number of likely N-dealkylation sites (N-methyl/N-ethyl adjacent to an activating group) is 1. The molecule has 35 heavy (non-hydrogen) atoms. The maximum absolute atomic E-state index is 13.7. The molecule has 2 aromatic rings. The van der Waals surface area contributed by atoms with Crippen LogP contribution < -0.4 is 14.9 Å². The lowest BCUT2D eigenvalue weighted by atomic mass is 10.1. The maximum atomic E-state index is 13.7. The summed E-state index contributed by atoms with van der Waals surface area (Å²) in [6.45, 7) is 7.10. The quantitative estimate of drug-likeness (QED) is 0.323. The fourth-order valence-corrected chi connectivity index (χ4v) is 6.17. The van der Waals surface area contributed by atoms with Crippen LogP contribution in [-0.4, -0.2) is 58.1 Å². The predicted octanol–water partition coefficient (Wildman–Crippen LogP) is 3.31. The number of carbonyl (C=O) groups excluding carboxylic acids is 1. The van der Waals surface area contributed by atoms with Gasteiger partial charge in [-0.3, -0.25) is 9.10 Å². The van der Waals surface area contributed by atoms with Crippen molar-refractivity contribution in [1.29, 1.82) is 4.78 Å². The summed E-state index contributed by atoms with van der Waals surface area (Å²) < 4.78 is 54.8. The number of hydrogen-bond donors (Lipinski definition) is 3. The molecule has 2 atom stereocenters. The number of ether oxygens (including phenoxy) is 1. The molecule has 2 rings (SSSR count). The second-order valence-corrected chi connectivity index (χ2v) is 12.7. The van der Waals surface area contributed by atoms with Gasteiger partial charge in [0.05, 0.1) is 37.4 Å². The number of sulfonamides is 1. The highest BCUT2D eigenvalue weighted by molar-refractivity contribution is 7.93. The first kappa shape index (κ1) is 28.6. The number of anilines is 2. The van der Waals surface area contributed by atoms with E-state index in [1.54, 1.807) is 19.2 Å². The van der Waals surface area contributed by atoms with E-state index in [2.05, 4.69) is 10.6 Å². The van der Waals surface area contributed by atoms with Gasteiger partial charge in [-0.1, -0.05) is 32.9 Å². The number of hydrogen-bond acceptors (Lipinski definition) is 8. The smallest absolute Gasteiger partial charge is 0.293 e. The summed E-state index contributed by atoms with van der Waals surface area (Å²) in [5, 5.41) is 5.95. The van der Waals surface area contributed by atoms with Gasteiger partial charge >= 0.3 is 0 Å². The summed E-state index contributed by atoms with van der Waals surface area (Å²) in [6, 6.07) is 11.6. The number of nitrogens with one attached hydrogen (secondary N) is 3. The Morgan fingerprint density at radius 1 is 1.09 bits per heavy atom. The summed E-state index contributed by atoms with van der Waals surface area (Å²) in [5.41, 5.74) is 2.00. The molecule has 0 aliphatic rings. The van der Waals surface area contributed by atoms with Gasteiger partial charge in [0, 0.05) is 19.3 Å². The largest absolute Gasteiger partial charge is 0.461 e. The standard InChI is InChI=1S/C24H36N4O5S2/c1-6-19-7-9-20(10-8-19)28(16-18(2)3)35(31,32)22-11-12-23(24(13-22)34(5,25)30)27-15-21(14-26-4)33-17-29/h7-13,17-18,21,25-27H,6,14-16H2,1-5H3/t21-,34?/m0/s1. The lowest BCUT2D eigenvalue weighted by molar-refractivity contribution is -0.132. The zero-order valence-corrected chi connectivity index (χ0v) is 22.5. The van der Waals surface area contributed by atoms with Gasteiger partial charge < -0.3 is 15.4 Å². The molecule has 0 aliphatic carbocycles. The Hall–Kier alpha value is -2.63. The predicted molar refractivity (Wildman–Crippen MR) is 140 cm³/mol. The highest BCUT2D eigenvalue weighted by Crippen LogP contribution is 2.30. The van der Waals surface area contributed by atoms with Crippen LogP contribution in [0.25, 0.3) is 0 Å². The third-order valence-corrected chi connectivity index (χ3v) is 8.29. The van der Waals surface area contributed by atoms with Crippen molar-refractivity contribution in [3.05, 3.63) is 48.0 Å². The molecule has 3 N–H and O–H groups in total. The average Bonchev–Trinajstić information content (AvgIpc) is 2.80. The van der Waals surface area contributed by atoms with Crippen LogP contribution in [0.15, 0.2) is 52.3 Å². The molecule has 0 fully saturated rings. The minimum Gasteiger partial charge on any atom is -0.461 e. The monoisotopic (exact) mass is 524 g/mol. The molecule has 0 aromatic heterocycles. The van der Waals surface area contributed by atoms with Crippen LogP contribution in [0.3, 0.4) is 0 Å². The Morgan fingerprint density at radius 3 is 2.26 bits per heavy atom. The zero-order chi connectivity index (χ0) is 26.2. The van der Waals surface area contributed by atoms with Crippen LogP contribution in [0.2, 0.25) is 0 Å². The lowest BCUT2D eigenvalue weighted by Gasteiger charge is -2.27. The van der Waals surface area contributed by atoms with Gasteiger partial charge in [-0.15, -0.1) is 0 Å². The molecule has 1 unspecified atom stereocenters. The molecule has 0 saturated heterocycles.